The second kappa shape index (κ2) is 8.88. The molecule has 0 saturated carbocycles. The minimum atomic E-state index is 0.275. The van der Waals surface area contributed by atoms with Crippen LogP contribution in [0.3, 0.4) is 0 Å². The molecule has 0 aliphatic carbocycles. The first-order valence-electron chi connectivity index (χ1n) is 9.40. The monoisotopic (exact) mass is 354 g/mol. The summed E-state index contributed by atoms with van der Waals surface area (Å²) in [5, 5.41) is 0. The van der Waals surface area contributed by atoms with Gasteiger partial charge in [0, 0.05) is 12.1 Å². The highest BCUT2D eigenvalue weighted by molar-refractivity contribution is 5.55. The fraction of sp³-hybridized carbons (Fsp3) is 0.435. The Morgan fingerprint density at radius 3 is 1.77 bits per heavy atom. The molecule has 26 heavy (non-hydrogen) atoms. The van der Waals surface area contributed by atoms with Crippen LogP contribution in [-0.4, -0.2) is 24.1 Å². The molecule has 3 nitrogen and oxygen atoms in total. The van der Waals surface area contributed by atoms with E-state index in [2.05, 4.69) is 76.4 Å². The van der Waals surface area contributed by atoms with Crippen LogP contribution in [0.1, 0.15) is 64.5 Å². The molecule has 2 aromatic carbocycles. The van der Waals surface area contributed by atoms with Crippen LogP contribution in [-0.2, 0) is 0 Å². The van der Waals surface area contributed by atoms with E-state index in [-0.39, 0.29) is 6.04 Å². The molecule has 2 aromatic rings. The molecule has 0 unspecified atom stereocenters. The Balaban J connectivity index is 2.44. The van der Waals surface area contributed by atoms with E-state index in [1.165, 1.54) is 11.1 Å². The van der Waals surface area contributed by atoms with Gasteiger partial charge in [0.25, 0.3) is 0 Å². The molecule has 3 heteroatoms. The van der Waals surface area contributed by atoms with E-state index < -0.39 is 0 Å². The smallest absolute Gasteiger partial charge is 0.335 e. The van der Waals surface area contributed by atoms with Crippen LogP contribution < -0.4 is 9.47 Å². The third kappa shape index (κ3) is 4.66. The molecule has 0 aliphatic heterocycles. The number of hydrogen-bond donors (Lipinski definition) is 0. The van der Waals surface area contributed by atoms with E-state index in [1.807, 2.05) is 18.5 Å². The van der Waals surface area contributed by atoms with Gasteiger partial charge in [0.15, 0.2) is 6.04 Å². The van der Waals surface area contributed by atoms with E-state index in [9.17, 15) is 0 Å². The molecule has 0 atom stereocenters. The molecule has 2 rings (SSSR count). The maximum absolute atomic E-state index is 6.30. The maximum Gasteiger partial charge on any atom is 0.335 e. The van der Waals surface area contributed by atoms with E-state index in [0.29, 0.717) is 11.8 Å². The number of para-hydroxylation sites is 1. The second-order valence-corrected chi connectivity index (χ2v) is 7.50. The number of hydrogen-bond acceptors (Lipinski definition) is 2. The Bertz CT molecular complexity index is 717. The molecular formula is C23H32NO2+. The summed E-state index contributed by atoms with van der Waals surface area (Å²) in [6, 6.07) is 14.8. The summed E-state index contributed by atoms with van der Waals surface area (Å²) in [4.78, 5) is 0. The van der Waals surface area contributed by atoms with Gasteiger partial charge in [0.1, 0.15) is 11.5 Å². The van der Waals surface area contributed by atoms with Gasteiger partial charge in [-0.2, -0.15) is 4.58 Å². The quantitative estimate of drug-likeness (QED) is 0.340. The van der Waals surface area contributed by atoms with Crippen molar-refractivity contribution in [2.24, 2.45) is 0 Å². The van der Waals surface area contributed by atoms with Crippen molar-refractivity contribution < 1.29 is 14.0 Å². The van der Waals surface area contributed by atoms with Crippen LogP contribution in [0.25, 0.3) is 0 Å². The van der Waals surface area contributed by atoms with Crippen LogP contribution in [0, 0.1) is 0 Å². The Morgan fingerprint density at radius 1 is 0.808 bits per heavy atom. The zero-order chi connectivity index (χ0) is 19.3. The lowest BCUT2D eigenvalue weighted by atomic mass is 9.94. The first-order valence-corrected chi connectivity index (χ1v) is 9.40. The lowest BCUT2D eigenvalue weighted by Crippen LogP contribution is -2.19. The minimum absolute atomic E-state index is 0.275. The predicted octanol–water partition coefficient (Wildman–Crippen LogP) is 6.10. The van der Waals surface area contributed by atoms with Gasteiger partial charge < -0.3 is 9.47 Å². The molecule has 0 amide bonds. The van der Waals surface area contributed by atoms with Gasteiger partial charge in [0.05, 0.1) is 7.11 Å². The van der Waals surface area contributed by atoms with E-state index in [1.54, 1.807) is 7.11 Å². The summed E-state index contributed by atoms with van der Waals surface area (Å²) in [7, 11) is 1.68. The minimum Gasteiger partial charge on any atom is -0.497 e. The largest absolute Gasteiger partial charge is 0.497 e. The second-order valence-electron chi connectivity index (χ2n) is 7.50. The van der Waals surface area contributed by atoms with E-state index in [0.717, 1.165) is 17.2 Å². The highest BCUT2D eigenvalue weighted by Gasteiger charge is 2.18. The third-order valence-corrected chi connectivity index (χ3v) is 4.53. The van der Waals surface area contributed by atoms with Crippen molar-refractivity contribution in [3.63, 3.8) is 0 Å². The SMILES string of the molecule is COc1ccc([N+](=COc2c(C(C)C)cccc2C(C)C)C(C)C)cc1. The van der Waals surface area contributed by atoms with Crippen LogP contribution in [0.5, 0.6) is 11.5 Å². The molecule has 0 aliphatic rings. The number of ether oxygens (including phenoxy) is 2. The number of rotatable bonds is 7. The standard InChI is InChI=1S/C23H32NO2/c1-16(2)21-9-8-10-22(17(3)4)23(21)26-15-24(18(5)6)19-11-13-20(25-7)14-12-19/h8-18H,1-7H3/q+1. The van der Waals surface area contributed by atoms with Gasteiger partial charge in [-0.1, -0.05) is 45.9 Å². The van der Waals surface area contributed by atoms with Crippen molar-refractivity contribution in [2.45, 2.75) is 59.4 Å². The lowest BCUT2D eigenvalue weighted by molar-refractivity contribution is -0.477. The predicted molar refractivity (Wildman–Crippen MR) is 109 cm³/mol. The van der Waals surface area contributed by atoms with Gasteiger partial charge in [-0.15, -0.1) is 0 Å². The van der Waals surface area contributed by atoms with Crippen molar-refractivity contribution in [2.75, 3.05) is 7.11 Å². The molecule has 0 bridgehead atoms. The number of methoxy groups -OCH3 is 1. The molecular weight excluding hydrogens is 322 g/mol. The van der Waals surface area contributed by atoms with E-state index in [4.69, 9.17) is 9.47 Å². The Morgan fingerprint density at radius 2 is 1.35 bits per heavy atom. The third-order valence-electron chi connectivity index (χ3n) is 4.53. The van der Waals surface area contributed by atoms with Crippen LogP contribution in [0.2, 0.25) is 0 Å². The normalized spacial score (nSPS) is 12.2. The first-order chi connectivity index (χ1) is 12.3. The fourth-order valence-corrected chi connectivity index (χ4v) is 2.96. The molecule has 0 fully saturated rings. The van der Waals surface area contributed by atoms with Crippen molar-refractivity contribution in [1.82, 2.24) is 0 Å². The van der Waals surface area contributed by atoms with Gasteiger partial charge >= 0.3 is 6.40 Å². The molecule has 0 saturated heterocycles. The van der Waals surface area contributed by atoms with Crippen LogP contribution in [0.15, 0.2) is 42.5 Å². The highest BCUT2D eigenvalue weighted by atomic mass is 16.5. The molecule has 0 aromatic heterocycles. The average molecular weight is 355 g/mol. The molecule has 140 valence electrons. The zero-order valence-electron chi connectivity index (χ0n) is 17.1. The van der Waals surface area contributed by atoms with Crippen molar-refractivity contribution in [3.8, 4) is 11.5 Å². The lowest BCUT2D eigenvalue weighted by Gasteiger charge is -2.17. The zero-order valence-corrected chi connectivity index (χ0v) is 17.1. The van der Waals surface area contributed by atoms with E-state index >= 15 is 0 Å². The van der Waals surface area contributed by atoms with Gasteiger partial charge in [0.2, 0.25) is 5.69 Å². The summed E-state index contributed by atoms with van der Waals surface area (Å²) in [5.74, 6) is 2.65. The van der Waals surface area contributed by atoms with Gasteiger partial charge in [-0.3, -0.25) is 0 Å². The number of benzene rings is 2. The summed E-state index contributed by atoms with van der Waals surface area (Å²) in [6.07, 6.45) is 1.85. The van der Waals surface area contributed by atoms with Crippen molar-refractivity contribution >= 4 is 12.1 Å². The van der Waals surface area contributed by atoms with Gasteiger partial charge in [-0.25, -0.2) is 0 Å². The summed E-state index contributed by atoms with van der Waals surface area (Å²) >= 11 is 0. The summed E-state index contributed by atoms with van der Waals surface area (Å²) in [5.41, 5.74) is 3.56. The first kappa shape index (κ1) is 20.0. The highest BCUT2D eigenvalue weighted by Crippen LogP contribution is 2.34. The molecule has 0 N–H and O–H groups in total. The Kier molecular flexibility index (Phi) is 6.84. The average Bonchev–Trinajstić information content (AvgIpc) is 2.61. The molecule has 0 radical (unpaired) electrons. The van der Waals surface area contributed by atoms with Gasteiger partial charge in [-0.05, 0) is 48.9 Å². The van der Waals surface area contributed by atoms with Crippen LogP contribution in [0.4, 0.5) is 5.69 Å². The van der Waals surface area contributed by atoms with Crippen molar-refractivity contribution in [1.29, 1.82) is 0 Å². The number of nitrogens with zero attached hydrogens (tertiary/aromatic N) is 1. The Hall–Kier alpha value is -2.29. The van der Waals surface area contributed by atoms with Crippen molar-refractivity contribution in [3.05, 3.63) is 53.6 Å². The molecule has 0 spiro atoms. The van der Waals surface area contributed by atoms with Crippen LogP contribution >= 0.6 is 0 Å². The topological polar surface area (TPSA) is 21.5 Å². The molecule has 0 heterocycles. The summed E-state index contributed by atoms with van der Waals surface area (Å²) < 4.78 is 13.7. The maximum atomic E-state index is 6.30. The fourth-order valence-electron chi connectivity index (χ4n) is 2.96. The Labute approximate surface area is 158 Å². The summed E-state index contributed by atoms with van der Waals surface area (Å²) in [6.45, 7) is 13.1.